The minimum absolute atomic E-state index is 0.00193. The number of piperazine rings is 1. The minimum atomic E-state index is 0.00193. The Morgan fingerprint density at radius 1 is 1.22 bits per heavy atom. The van der Waals surface area contributed by atoms with E-state index in [2.05, 4.69) is 15.5 Å². The molecule has 0 atom stereocenters. The Balaban J connectivity index is 2.11. The second-order valence-electron chi connectivity index (χ2n) is 4.13. The first-order valence-corrected chi connectivity index (χ1v) is 6.06. The summed E-state index contributed by atoms with van der Waals surface area (Å²) in [5.74, 6) is 0.715. The van der Waals surface area contributed by atoms with E-state index in [0.29, 0.717) is 24.1 Å². The SMILES string of the molecule is O=C1CN(c2nnc(Cl)c3ccccc23)CCN1. The maximum absolute atomic E-state index is 11.4. The second-order valence-corrected chi connectivity index (χ2v) is 4.49. The molecule has 3 rings (SSSR count). The van der Waals surface area contributed by atoms with E-state index in [4.69, 9.17) is 11.6 Å². The zero-order valence-corrected chi connectivity index (χ0v) is 10.3. The number of fused-ring (bicyclic) bond motifs is 1. The van der Waals surface area contributed by atoms with E-state index in [1.807, 2.05) is 29.2 Å². The van der Waals surface area contributed by atoms with Crippen LogP contribution in [-0.4, -0.2) is 35.7 Å². The van der Waals surface area contributed by atoms with Gasteiger partial charge in [0.05, 0.1) is 6.54 Å². The third-order valence-corrected chi connectivity index (χ3v) is 3.24. The highest BCUT2D eigenvalue weighted by atomic mass is 35.5. The van der Waals surface area contributed by atoms with Crippen LogP contribution in [0.1, 0.15) is 0 Å². The number of carbonyl (C=O) groups is 1. The van der Waals surface area contributed by atoms with Gasteiger partial charge in [0.25, 0.3) is 0 Å². The zero-order valence-electron chi connectivity index (χ0n) is 9.56. The molecule has 1 aromatic heterocycles. The highest BCUT2D eigenvalue weighted by Crippen LogP contribution is 2.28. The van der Waals surface area contributed by atoms with E-state index in [0.717, 1.165) is 17.3 Å². The van der Waals surface area contributed by atoms with Gasteiger partial charge in [-0.25, -0.2) is 0 Å². The van der Waals surface area contributed by atoms with Gasteiger partial charge in [0, 0.05) is 23.9 Å². The number of hydrogen-bond acceptors (Lipinski definition) is 4. The Hall–Kier alpha value is -1.88. The molecule has 1 fully saturated rings. The lowest BCUT2D eigenvalue weighted by Gasteiger charge is -2.28. The lowest BCUT2D eigenvalue weighted by molar-refractivity contribution is -0.120. The fourth-order valence-electron chi connectivity index (χ4n) is 2.11. The van der Waals surface area contributed by atoms with Crippen molar-refractivity contribution in [3.05, 3.63) is 29.4 Å². The molecule has 2 heterocycles. The van der Waals surface area contributed by atoms with Gasteiger partial charge in [-0.05, 0) is 0 Å². The van der Waals surface area contributed by atoms with Crippen molar-refractivity contribution in [1.82, 2.24) is 15.5 Å². The Kier molecular flexibility index (Phi) is 2.76. The average Bonchev–Trinajstić information content (AvgIpc) is 2.39. The molecular formula is C12H11ClN4O. The lowest BCUT2D eigenvalue weighted by atomic mass is 10.2. The van der Waals surface area contributed by atoms with Crippen LogP contribution in [0.2, 0.25) is 5.15 Å². The normalized spacial score (nSPS) is 15.8. The molecule has 1 N–H and O–H groups in total. The second kappa shape index (κ2) is 4.42. The first-order valence-electron chi connectivity index (χ1n) is 5.68. The molecule has 0 radical (unpaired) electrons. The van der Waals surface area contributed by atoms with Gasteiger partial charge in [0.2, 0.25) is 5.91 Å². The van der Waals surface area contributed by atoms with E-state index in [-0.39, 0.29) is 5.91 Å². The molecule has 1 aliphatic rings. The smallest absolute Gasteiger partial charge is 0.239 e. The fraction of sp³-hybridized carbons (Fsp3) is 0.250. The maximum Gasteiger partial charge on any atom is 0.239 e. The van der Waals surface area contributed by atoms with Crippen LogP contribution >= 0.6 is 11.6 Å². The predicted octanol–water partition coefficient (Wildman–Crippen LogP) is 1.22. The summed E-state index contributed by atoms with van der Waals surface area (Å²) >= 11 is 6.03. The van der Waals surface area contributed by atoms with Gasteiger partial charge in [-0.1, -0.05) is 35.9 Å². The van der Waals surface area contributed by atoms with Gasteiger partial charge < -0.3 is 10.2 Å². The molecule has 5 nitrogen and oxygen atoms in total. The van der Waals surface area contributed by atoms with Crippen molar-refractivity contribution in [2.45, 2.75) is 0 Å². The topological polar surface area (TPSA) is 58.1 Å². The van der Waals surface area contributed by atoms with Crippen molar-refractivity contribution >= 4 is 34.1 Å². The van der Waals surface area contributed by atoms with Gasteiger partial charge >= 0.3 is 0 Å². The lowest BCUT2D eigenvalue weighted by Crippen LogP contribution is -2.48. The third-order valence-electron chi connectivity index (χ3n) is 2.96. The van der Waals surface area contributed by atoms with Gasteiger partial charge in [-0.2, -0.15) is 0 Å². The molecule has 6 heteroatoms. The molecule has 0 saturated carbocycles. The van der Waals surface area contributed by atoms with Crippen molar-refractivity contribution in [3.63, 3.8) is 0 Å². The predicted molar refractivity (Wildman–Crippen MR) is 69.8 cm³/mol. The number of nitrogens with zero attached hydrogens (tertiary/aromatic N) is 3. The van der Waals surface area contributed by atoms with Crippen molar-refractivity contribution in [1.29, 1.82) is 0 Å². The summed E-state index contributed by atoms with van der Waals surface area (Å²) < 4.78 is 0. The van der Waals surface area contributed by atoms with Crippen molar-refractivity contribution < 1.29 is 4.79 Å². The van der Waals surface area contributed by atoms with Crippen LogP contribution in [0.5, 0.6) is 0 Å². The molecule has 18 heavy (non-hydrogen) atoms. The Morgan fingerprint density at radius 2 is 2.00 bits per heavy atom. The van der Waals surface area contributed by atoms with E-state index < -0.39 is 0 Å². The largest absolute Gasteiger partial charge is 0.353 e. The van der Waals surface area contributed by atoms with Crippen LogP contribution in [0, 0.1) is 0 Å². The number of halogens is 1. The number of benzene rings is 1. The number of amides is 1. The van der Waals surface area contributed by atoms with Crippen molar-refractivity contribution in [2.75, 3.05) is 24.5 Å². The molecule has 1 aliphatic heterocycles. The van der Waals surface area contributed by atoms with Crippen molar-refractivity contribution in [2.24, 2.45) is 0 Å². The molecule has 0 spiro atoms. The van der Waals surface area contributed by atoms with E-state index in [1.165, 1.54) is 0 Å². The molecule has 1 saturated heterocycles. The summed E-state index contributed by atoms with van der Waals surface area (Å²) in [6.45, 7) is 1.66. The van der Waals surface area contributed by atoms with Crippen LogP contribution in [0.25, 0.3) is 10.8 Å². The highest BCUT2D eigenvalue weighted by molar-refractivity contribution is 6.34. The monoisotopic (exact) mass is 262 g/mol. The number of carbonyl (C=O) groups excluding carboxylic acids is 1. The average molecular weight is 263 g/mol. The quantitative estimate of drug-likeness (QED) is 0.840. The fourth-order valence-corrected chi connectivity index (χ4v) is 2.31. The highest BCUT2D eigenvalue weighted by Gasteiger charge is 2.20. The zero-order chi connectivity index (χ0) is 12.5. The minimum Gasteiger partial charge on any atom is -0.353 e. The van der Waals surface area contributed by atoms with Crippen LogP contribution < -0.4 is 10.2 Å². The summed E-state index contributed by atoms with van der Waals surface area (Å²) in [5, 5.41) is 13.0. The van der Waals surface area contributed by atoms with Gasteiger partial charge in [-0.3, -0.25) is 4.79 Å². The van der Waals surface area contributed by atoms with E-state index in [9.17, 15) is 4.79 Å². The summed E-state index contributed by atoms with van der Waals surface area (Å²) in [6.07, 6.45) is 0. The number of rotatable bonds is 1. The van der Waals surface area contributed by atoms with Crippen LogP contribution in [0.4, 0.5) is 5.82 Å². The molecule has 1 amide bonds. The maximum atomic E-state index is 11.4. The summed E-state index contributed by atoms with van der Waals surface area (Å²) in [7, 11) is 0. The number of nitrogens with one attached hydrogen (secondary N) is 1. The molecule has 0 unspecified atom stereocenters. The number of hydrogen-bond donors (Lipinski definition) is 1. The number of aromatic nitrogens is 2. The summed E-state index contributed by atoms with van der Waals surface area (Å²) in [4.78, 5) is 13.3. The van der Waals surface area contributed by atoms with Gasteiger partial charge in [-0.15, -0.1) is 10.2 Å². The van der Waals surface area contributed by atoms with Crippen LogP contribution in [-0.2, 0) is 4.79 Å². The summed E-state index contributed by atoms with van der Waals surface area (Å²) in [6, 6.07) is 7.67. The molecular weight excluding hydrogens is 252 g/mol. The molecule has 0 aliphatic carbocycles. The first kappa shape index (κ1) is 11.2. The third kappa shape index (κ3) is 1.86. The Labute approximate surface area is 109 Å². The molecule has 0 bridgehead atoms. The Bertz CT molecular complexity index is 616. The summed E-state index contributed by atoms with van der Waals surface area (Å²) in [5.41, 5.74) is 0. The standard InChI is InChI=1S/C12H11ClN4O/c13-11-8-3-1-2-4-9(8)12(16-15-11)17-6-5-14-10(18)7-17/h1-4H,5-7H2,(H,14,18). The van der Waals surface area contributed by atoms with E-state index >= 15 is 0 Å². The van der Waals surface area contributed by atoms with Gasteiger partial charge in [0.1, 0.15) is 0 Å². The van der Waals surface area contributed by atoms with Gasteiger partial charge in [0.15, 0.2) is 11.0 Å². The van der Waals surface area contributed by atoms with E-state index in [1.54, 1.807) is 0 Å². The van der Waals surface area contributed by atoms with Crippen LogP contribution in [0.15, 0.2) is 24.3 Å². The van der Waals surface area contributed by atoms with Crippen molar-refractivity contribution in [3.8, 4) is 0 Å². The molecule has 2 aromatic rings. The first-order chi connectivity index (χ1) is 8.75. The number of anilines is 1. The molecule has 1 aromatic carbocycles. The Morgan fingerprint density at radius 3 is 2.78 bits per heavy atom. The molecule has 92 valence electrons. The van der Waals surface area contributed by atoms with Crippen LogP contribution in [0.3, 0.4) is 0 Å².